The summed E-state index contributed by atoms with van der Waals surface area (Å²) >= 11 is 1.72. The van der Waals surface area contributed by atoms with Gasteiger partial charge in [-0.1, -0.05) is 0 Å². The summed E-state index contributed by atoms with van der Waals surface area (Å²) in [6, 6.07) is 3.94. The maximum atomic E-state index is 13.1. The van der Waals surface area contributed by atoms with E-state index in [9.17, 15) is 4.79 Å². The molecule has 5 nitrogen and oxygen atoms in total. The zero-order chi connectivity index (χ0) is 19.6. The van der Waals surface area contributed by atoms with E-state index in [0.717, 1.165) is 60.0 Å². The Morgan fingerprint density at radius 2 is 2.04 bits per heavy atom. The lowest BCUT2D eigenvalue weighted by Crippen LogP contribution is -2.38. The molecule has 6 heteroatoms. The van der Waals surface area contributed by atoms with E-state index in [1.54, 1.807) is 18.4 Å². The molecule has 0 unspecified atom stereocenters. The third-order valence-corrected chi connectivity index (χ3v) is 6.28. The molecule has 1 aliphatic rings. The monoisotopic (exact) mass is 387 g/mol. The van der Waals surface area contributed by atoms with Crippen molar-refractivity contribution < 1.29 is 9.53 Å². The van der Waals surface area contributed by atoms with Gasteiger partial charge in [-0.05, 0) is 56.5 Å². The summed E-state index contributed by atoms with van der Waals surface area (Å²) in [5, 5.41) is 1.03. The van der Waals surface area contributed by atoms with E-state index in [1.165, 1.54) is 4.88 Å². The van der Waals surface area contributed by atoms with E-state index in [2.05, 4.69) is 9.88 Å². The minimum atomic E-state index is 0.0622. The molecule has 0 aliphatic carbocycles. The largest absolute Gasteiger partial charge is 0.496 e. The van der Waals surface area contributed by atoms with Crippen molar-refractivity contribution in [1.29, 1.82) is 0 Å². The standard InChI is InChI=1S/C21H29N3O2S/c1-14-9-17(10-15(2)20(14)26-5)19(25)16-7-6-8-24(12-16)13-18-11-22-21(27-18)23(3)4/h9-11,16H,6-8,12-13H2,1-5H3/t16-/m0/s1. The van der Waals surface area contributed by atoms with Crippen LogP contribution in [0.4, 0.5) is 5.13 Å². The number of aryl methyl sites for hydroxylation is 2. The van der Waals surface area contributed by atoms with E-state index in [4.69, 9.17) is 4.74 Å². The Morgan fingerprint density at radius 3 is 2.63 bits per heavy atom. The number of ether oxygens (including phenoxy) is 1. The lowest BCUT2D eigenvalue weighted by atomic mass is 9.88. The molecular weight excluding hydrogens is 358 g/mol. The quantitative estimate of drug-likeness (QED) is 0.703. The molecule has 2 aromatic rings. The zero-order valence-electron chi connectivity index (χ0n) is 16.9. The van der Waals surface area contributed by atoms with Gasteiger partial charge >= 0.3 is 0 Å². The number of hydrogen-bond acceptors (Lipinski definition) is 6. The van der Waals surface area contributed by atoms with Gasteiger partial charge in [-0.2, -0.15) is 0 Å². The summed E-state index contributed by atoms with van der Waals surface area (Å²) < 4.78 is 5.43. The zero-order valence-corrected chi connectivity index (χ0v) is 17.7. The fourth-order valence-corrected chi connectivity index (χ4v) is 4.74. The van der Waals surface area contributed by atoms with Crippen LogP contribution in [-0.4, -0.2) is 50.0 Å². The lowest BCUT2D eigenvalue weighted by Gasteiger charge is -2.31. The molecular formula is C21H29N3O2S. The maximum absolute atomic E-state index is 13.1. The molecule has 1 fully saturated rings. The van der Waals surface area contributed by atoms with Crippen molar-refractivity contribution in [2.75, 3.05) is 39.2 Å². The number of piperidine rings is 1. The Bertz CT molecular complexity index is 793. The van der Waals surface area contributed by atoms with Gasteiger partial charge in [0.25, 0.3) is 0 Å². The first-order valence-electron chi connectivity index (χ1n) is 9.43. The average Bonchev–Trinajstić information content (AvgIpc) is 3.10. The molecule has 0 spiro atoms. The third kappa shape index (κ3) is 4.50. The lowest BCUT2D eigenvalue weighted by molar-refractivity contribution is 0.0812. The molecule has 1 aromatic heterocycles. The normalized spacial score (nSPS) is 17.7. The topological polar surface area (TPSA) is 45.7 Å². The summed E-state index contributed by atoms with van der Waals surface area (Å²) in [6.45, 7) is 6.73. The second kappa shape index (κ2) is 8.40. The van der Waals surface area contributed by atoms with Crippen LogP contribution in [0.3, 0.4) is 0 Å². The Kier molecular flexibility index (Phi) is 6.17. The molecule has 1 atom stereocenters. The second-order valence-electron chi connectivity index (χ2n) is 7.59. The Hall–Kier alpha value is -1.92. The van der Waals surface area contributed by atoms with Crippen LogP contribution >= 0.6 is 11.3 Å². The molecule has 3 rings (SSSR count). The highest BCUT2D eigenvalue weighted by atomic mass is 32.1. The average molecular weight is 388 g/mol. The summed E-state index contributed by atoms with van der Waals surface area (Å²) in [6.07, 6.45) is 3.98. The number of rotatable bonds is 6. The van der Waals surface area contributed by atoms with Crippen molar-refractivity contribution in [3.8, 4) is 5.75 Å². The predicted molar refractivity (Wildman–Crippen MR) is 111 cm³/mol. The van der Waals surface area contributed by atoms with E-state index in [0.29, 0.717) is 0 Å². The number of thiazole rings is 1. The highest BCUT2D eigenvalue weighted by Gasteiger charge is 2.27. The van der Waals surface area contributed by atoms with Crippen molar-refractivity contribution in [1.82, 2.24) is 9.88 Å². The number of anilines is 1. The van der Waals surface area contributed by atoms with Gasteiger partial charge in [0, 0.05) is 49.7 Å². The van der Waals surface area contributed by atoms with E-state index >= 15 is 0 Å². The molecule has 27 heavy (non-hydrogen) atoms. The number of Topliss-reactive ketones (excluding diaryl/α,β-unsaturated/α-hetero) is 1. The summed E-state index contributed by atoms with van der Waals surface area (Å²) in [4.78, 5) is 23.2. The Labute approximate surface area is 166 Å². The molecule has 0 N–H and O–H groups in total. The van der Waals surface area contributed by atoms with Gasteiger partial charge in [0.05, 0.1) is 7.11 Å². The molecule has 146 valence electrons. The van der Waals surface area contributed by atoms with Crippen LogP contribution in [0.25, 0.3) is 0 Å². The van der Waals surface area contributed by atoms with Crippen molar-refractivity contribution in [2.45, 2.75) is 33.2 Å². The van der Waals surface area contributed by atoms with Gasteiger partial charge < -0.3 is 9.64 Å². The number of carbonyl (C=O) groups is 1. The van der Waals surface area contributed by atoms with Crippen molar-refractivity contribution in [2.24, 2.45) is 5.92 Å². The number of carbonyl (C=O) groups excluding carboxylic acids is 1. The van der Waals surface area contributed by atoms with Gasteiger partial charge in [0.1, 0.15) is 5.75 Å². The van der Waals surface area contributed by atoms with Gasteiger partial charge in [-0.3, -0.25) is 9.69 Å². The number of likely N-dealkylation sites (tertiary alicyclic amines) is 1. The van der Waals surface area contributed by atoms with Crippen molar-refractivity contribution in [3.63, 3.8) is 0 Å². The van der Waals surface area contributed by atoms with Gasteiger partial charge in [-0.25, -0.2) is 4.98 Å². The smallest absolute Gasteiger partial charge is 0.185 e. The molecule has 2 heterocycles. The van der Waals surface area contributed by atoms with Gasteiger partial charge in [0.2, 0.25) is 0 Å². The first-order chi connectivity index (χ1) is 12.9. The van der Waals surface area contributed by atoms with Crippen LogP contribution in [0, 0.1) is 19.8 Å². The SMILES string of the molecule is COc1c(C)cc(C(=O)[C@H]2CCCN(Cc3cnc(N(C)C)s3)C2)cc1C. The first-order valence-corrected chi connectivity index (χ1v) is 10.2. The van der Waals surface area contributed by atoms with E-state index in [1.807, 2.05) is 51.2 Å². The predicted octanol–water partition coefficient (Wildman–Crippen LogP) is 3.93. The van der Waals surface area contributed by atoms with E-state index < -0.39 is 0 Å². The second-order valence-corrected chi connectivity index (χ2v) is 8.68. The van der Waals surface area contributed by atoms with Crippen LogP contribution in [0.15, 0.2) is 18.3 Å². The number of methoxy groups -OCH3 is 1. The molecule has 0 saturated carbocycles. The third-order valence-electron chi connectivity index (χ3n) is 5.13. The molecule has 0 bridgehead atoms. The van der Waals surface area contributed by atoms with Crippen LogP contribution in [0.2, 0.25) is 0 Å². The van der Waals surface area contributed by atoms with Crippen molar-refractivity contribution >= 4 is 22.3 Å². The Balaban J connectivity index is 1.69. The number of aromatic nitrogens is 1. The minimum absolute atomic E-state index is 0.0622. The van der Waals surface area contributed by atoms with Crippen molar-refractivity contribution in [3.05, 3.63) is 39.9 Å². The fraction of sp³-hybridized carbons (Fsp3) is 0.524. The summed E-state index contributed by atoms with van der Waals surface area (Å²) in [5.74, 6) is 1.19. The van der Waals surface area contributed by atoms with E-state index in [-0.39, 0.29) is 11.7 Å². The number of benzene rings is 1. The molecule has 1 aliphatic heterocycles. The number of nitrogens with zero attached hydrogens (tertiary/aromatic N) is 3. The minimum Gasteiger partial charge on any atom is -0.496 e. The van der Waals surface area contributed by atoms with Gasteiger partial charge in [-0.15, -0.1) is 11.3 Å². The first kappa shape index (κ1) is 19.8. The fourth-order valence-electron chi connectivity index (χ4n) is 3.86. The van der Waals surface area contributed by atoms with Crippen LogP contribution in [0.5, 0.6) is 5.75 Å². The van der Waals surface area contributed by atoms with Crippen LogP contribution in [-0.2, 0) is 6.54 Å². The van der Waals surface area contributed by atoms with Crippen LogP contribution < -0.4 is 9.64 Å². The molecule has 0 radical (unpaired) electrons. The van der Waals surface area contributed by atoms with Gasteiger partial charge in [0.15, 0.2) is 10.9 Å². The highest BCUT2D eigenvalue weighted by Crippen LogP contribution is 2.29. The highest BCUT2D eigenvalue weighted by molar-refractivity contribution is 7.15. The molecule has 1 aromatic carbocycles. The van der Waals surface area contributed by atoms with Crippen LogP contribution in [0.1, 0.15) is 39.2 Å². The summed E-state index contributed by atoms with van der Waals surface area (Å²) in [7, 11) is 5.70. The Morgan fingerprint density at radius 1 is 1.33 bits per heavy atom. The number of ketones is 1. The number of hydrogen-bond donors (Lipinski definition) is 0. The molecule has 0 amide bonds. The summed E-state index contributed by atoms with van der Waals surface area (Å²) in [5.41, 5.74) is 2.86. The molecule has 1 saturated heterocycles. The maximum Gasteiger partial charge on any atom is 0.185 e.